The normalized spacial score (nSPS) is 16.1. The van der Waals surface area contributed by atoms with Crippen LogP contribution in [0, 0.1) is 12.8 Å². The summed E-state index contributed by atoms with van der Waals surface area (Å²) in [6, 6.07) is 15.1. The molecule has 0 aromatic heterocycles. The van der Waals surface area contributed by atoms with E-state index in [-0.39, 0.29) is 36.7 Å². The molecule has 6 heteroatoms. The first-order valence-corrected chi connectivity index (χ1v) is 11.8. The van der Waals surface area contributed by atoms with Gasteiger partial charge in [0, 0.05) is 30.1 Å². The van der Waals surface area contributed by atoms with Crippen LogP contribution < -0.4 is 5.32 Å². The zero-order valence-corrected chi connectivity index (χ0v) is 20.7. The number of nitrogens with zero attached hydrogens (tertiary/aromatic N) is 1. The summed E-state index contributed by atoms with van der Waals surface area (Å²) < 4.78 is 5.38. The number of nitrogens with one attached hydrogen (secondary N) is 1. The number of amides is 2. The Hall–Kier alpha value is -3.41. The third-order valence-electron chi connectivity index (χ3n) is 6.11. The summed E-state index contributed by atoms with van der Waals surface area (Å²) in [5.41, 5.74) is 4.60. The van der Waals surface area contributed by atoms with Gasteiger partial charge in [0.25, 0.3) is 5.91 Å². The summed E-state index contributed by atoms with van der Waals surface area (Å²) in [4.78, 5) is 40.2. The molecule has 1 unspecified atom stereocenters. The smallest absolute Gasteiger partial charge is 0.336 e. The Balaban J connectivity index is 1.88. The van der Waals surface area contributed by atoms with Crippen LogP contribution in [0.2, 0.25) is 0 Å². The average Bonchev–Trinajstić information content (AvgIpc) is 2.80. The summed E-state index contributed by atoms with van der Waals surface area (Å²) in [6.45, 7) is 10.9. The lowest BCUT2D eigenvalue weighted by molar-refractivity contribution is -0.140. The Labute approximate surface area is 202 Å². The number of esters is 1. The number of hydrogen-bond donors (Lipinski definition) is 1. The molecule has 0 saturated carbocycles. The van der Waals surface area contributed by atoms with Gasteiger partial charge in [0.2, 0.25) is 5.91 Å². The van der Waals surface area contributed by atoms with Crippen LogP contribution in [0.5, 0.6) is 0 Å². The fraction of sp³-hybridized carbons (Fsp3) is 0.393. The van der Waals surface area contributed by atoms with Crippen LogP contribution in [-0.4, -0.2) is 35.8 Å². The topological polar surface area (TPSA) is 75.7 Å². The van der Waals surface area contributed by atoms with Crippen molar-refractivity contribution in [2.45, 2.75) is 53.5 Å². The van der Waals surface area contributed by atoms with Crippen molar-refractivity contribution in [3.05, 3.63) is 82.1 Å². The van der Waals surface area contributed by atoms with E-state index in [1.807, 2.05) is 64.1 Å². The van der Waals surface area contributed by atoms with E-state index >= 15 is 0 Å². The molecule has 1 aliphatic rings. The van der Waals surface area contributed by atoms with Crippen molar-refractivity contribution in [2.75, 3.05) is 13.2 Å². The standard InChI is InChI=1S/C28H34N2O4/c1-6-34-28(33)26-20(5)30(25(31)15-24(26)23-10-8-7-9-19(23)4)17-21-11-13-22(14-12-21)27(32)29-16-18(2)3/h7-14,18,24H,6,15-17H2,1-5H3,(H,29,32). The van der Waals surface area contributed by atoms with Gasteiger partial charge in [0.05, 0.1) is 18.7 Å². The first-order valence-electron chi connectivity index (χ1n) is 11.8. The zero-order valence-electron chi connectivity index (χ0n) is 20.7. The molecule has 0 fully saturated rings. The third-order valence-corrected chi connectivity index (χ3v) is 6.11. The number of ether oxygens (including phenoxy) is 1. The molecule has 1 aliphatic heterocycles. The molecule has 0 spiro atoms. The van der Waals surface area contributed by atoms with Crippen molar-refractivity contribution >= 4 is 17.8 Å². The van der Waals surface area contributed by atoms with Crippen molar-refractivity contribution in [3.8, 4) is 0 Å². The first-order chi connectivity index (χ1) is 16.2. The Morgan fingerprint density at radius 2 is 1.76 bits per heavy atom. The Morgan fingerprint density at radius 1 is 1.09 bits per heavy atom. The minimum absolute atomic E-state index is 0.0439. The number of carbonyl (C=O) groups excluding carboxylic acids is 3. The zero-order chi connectivity index (χ0) is 24.8. The minimum atomic E-state index is -0.386. The van der Waals surface area contributed by atoms with Gasteiger partial charge in [0.15, 0.2) is 0 Å². The lowest BCUT2D eigenvalue weighted by Gasteiger charge is -2.35. The molecule has 34 heavy (non-hydrogen) atoms. The molecule has 2 aromatic rings. The van der Waals surface area contributed by atoms with E-state index in [0.717, 1.165) is 16.7 Å². The van der Waals surface area contributed by atoms with Crippen LogP contribution in [0.1, 0.15) is 67.1 Å². The Kier molecular flexibility index (Phi) is 8.26. The first kappa shape index (κ1) is 25.2. The van der Waals surface area contributed by atoms with Crippen LogP contribution in [0.15, 0.2) is 59.8 Å². The summed E-state index contributed by atoms with van der Waals surface area (Å²) in [7, 11) is 0. The van der Waals surface area contributed by atoms with Crippen LogP contribution in [0.3, 0.4) is 0 Å². The van der Waals surface area contributed by atoms with Crippen LogP contribution in [-0.2, 0) is 20.9 Å². The molecule has 1 N–H and O–H groups in total. The van der Waals surface area contributed by atoms with E-state index in [1.54, 1.807) is 24.0 Å². The molecule has 2 aromatic carbocycles. The molecule has 0 radical (unpaired) electrons. The monoisotopic (exact) mass is 462 g/mol. The average molecular weight is 463 g/mol. The highest BCUT2D eigenvalue weighted by Gasteiger charge is 2.37. The highest BCUT2D eigenvalue weighted by molar-refractivity contribution is 5.96. The number of benzene rings is 2. The Bertz CT molecular complexity index is 1090. The van der Waals surface area contributed by atoms with Crippen molar-refractivity contribution in [1.29, 1.82) is 0 Å². The van der Waals surface area contributed by atoms with E-state index in [4.69, 9.17) is 4.74 Å². The second kappa shape index (κ2) is 11.1. The molecule has 2 amide bonds. The maximum absolute atomic E-state index is 13.2. The molecule has 0 saturated heterocycles. The number of allylic oxidation sites excluding steroid dienone is 1. The number of rotatable bonds is 8. The molecule has 0 aliphatic carbocycles. The van der Waals surface area contributed by atoms with Gasteiger partial charge >= 0.3 is 5.97 Å². The van der Waals surface area contributed by atoms with Crippen LogP contribution in [0.4, 0.5) is 0 Å². The summed E-state index contributed by atoms with van der Waals surface area (Å²) in [6.07, 6.45) is 0.200. The minimum Gasteiger partial charge on any atom is -0.463 e. The predicted molar refractivity (Wildman–Crippen MR) is 132 cm³/mol. The number of aryl methyl sites for hydroxylation is 1. The number of carbonyl (C=O) groups is 3. The van der Waals surface area contributed by atoms with Gasteiger partial charge in [-0.1, -0.05) is 50.2 Å². The molecular formula is C28H34N2O4. The largest absolute Gasteiger partial charge is 0.463 e. The maximum Gasteiger partial charge on any atom is 0.336 e. The van der Waals surface area contributed by atoms with E-state index in [0.29, 0.717) is 35.8 Å². The molecular weight excluding hydrogens is 428 g/mol. The van der Waals surface area contributed by atoms with E-state index < -0.39 is 0 Å². The summed E-state index contributed by atoms with van der Waals surface area (Å²) in [5.74, 6) is -0.507. The maximum atomic E-state index is 13.2. The lowest BCUT2D eigenvalue weighted by Crippen LogP contribution is -2.38. The van der Waals surface area contributed by atoms with E-state index in [2.05, 4.69) is 5.32 Å². The molecule has 1 heterocycles. The van der Waals surface area contributed by atoms with Gasteiger partial charge in [-0.2, -0.15) is 0 Å². The molecule has 0 bridgehead atoms. The van der Waals surface area contributed by atoms with Crippen molar-refractivity contribution in [1.82, 2.24) is 10.2 Å². The quantitative estimate of drug-likeness (QED) is 0.575. The van der Waals surface area contributed by atoms with Gasteiger partial charge in [-0.25, -0.2) is 4.79 Å². The SMILES string of the molecule is CCOC(=O)C1=C(C)N(Cc2ccc(C(=O)NCC(C)C)cc2)C(=O)CC1c1ccccc1C. The van der Waals surface area contributed by atoms with Crippen molar-refractivity contribution in [3.63, 3.8) is 0 Å². The second-order valence-electron chi connectivity index (χ2n) is 9.11. The van der Waals surface area contributed by atoms with E-state index in [1.165, 1.54) is 0 Å². The lowest BCUT2D eigenvalue weighted by atomic mass is 9.81. The van der Waals surface area contributed by atoms with Crippen molar-refractivity contribution in [2.24, 2.45) is 5.92 Å². The third kappa shape index (κ3) is 5.74. The van der Waals surface area contributed by atoms with Gasteiger partial charge < -0.3 is 15.0 Å². The molecule has 3 rings (SSSR count). The highest BCUT2D eigenvalue weighted by atomic mass is 16.5. The van der Waals surface area contributed by atoms with Gasteiger partial charge in [0.1, 0.15) is 0 Å². The predicted octanol–water partition coefficient (Wildman–Crippen LogP) is 4.73. The van der Waals surface area contributed by atoms with Crippen molar-refractivity contribution < 1.29 is 19.1 Å². The van der Waals surface area contributed by atoms with Gasteiger partial charge in [-0.05, 0) is 55.5 Å². The van der Waals surface area contributed by atoms with Gasteiger partial charge in [-0.3, -0.25) is 9.59 Å². The van der Waals surface area contributed by atoms with Gasteiger partial charge in [-0.15, -0.1) is 0 Å². The fourth-order valence-corrected chi connectivity index (χ4v) is 4.26. The van der Waals surface area contributed by atoms with Crippen LogP contribution in [0.25, 0.3) is 0 Å². The summed E-state index contributed by atoms with van der Waals surface area (Å²) in [5, 5.41) is 2.91. The van der Waals surface area contributed by atoms with E-state index in [9.17, 15) is 14.4 Å². The second-order valence-corrected chi connectivity index (χ2v) is 9.11. The highest BCUT2D eigenvalue weighted by Crippen LogP contribution is 2.38. The van der Waals surface area contributed by atoms with Crippen LogP contribution >= 0.6 is 0 Å². The fourth-order valence-electron chi connectivity index (χ4n) is 4.26. The Morgan fingerprint density at radius 3 is 2.38 bits per heavy atom. The molecule has 6 nitrogen and oxygen atoms in total. The summed E-state index contributed by atoms with van der Waals surface area (Å²) >= 11 is 0. The molecule has 1 atom stereocenters. The molecule has 180 valence electrons. The number of hydrogen-bond acceptors (Lipinski definition) is 4.